The second-order valence-corrected chi connectivity index (χ2v) is 8.21. The van der Waals surface area contributed by atoms with E-state index in [9.17, 15) is 22.8 Å². The first-order valence-corrected chi connectivity index (χ1v) is 10.3. The summed E-state index contributed by atoms with van der Waals surface area (Å²) in [4.78, 5) is 35.5. The smallest absolute Gasteiger partial charge is 0.264 e. The monoisotopic (exact) mass is 426 g/mol. The Hall–Kier alpha value is -3.72. The number of anilines is 1. The molecule has 30 heavy (non-hydrogen) atoms. The summed E-state index contributed by atoms with van der Waals surface area (Å²) in [6.07, 6.45) is 3.81. The van der Waals surface area contributed by atoms with E-state index in [-0.39, 0.29) is 15.9 Å². The number of hydrogen-bond donors (Lipinski definition) is 2. The number of carbonyl (C=O) groups is 2. The van der Waals surface area contributed by atoms with Gasteiger partial charge in [-0.3, -0.25) is 14.4 Å². The molecule has 0 unspecified atom stereocenters. The van der Waals surface area contributed by atoms with E-state index in [4.69, 9.17) is 4.42 Å². The molecule has 8 nitrogen and oxygen atoms in total. The largest absolute Gasteiger partial charge is 0.463 e. The highest BCUT2D eigenvalue weighted by molar-refractivity contribution is 7.90. The number of nitrogens with one attached hydrogen (secondary N) is 2. The molecule has 0 aliphatic carbocycles. The van der Waals surface area contributed by atoms with Crippen LogP contribution < -0.4 is 15.5 Å². The van der Waals surface area contributed by atoms with E-state index in [1.807, 2.05) is 17.7 Å². The van der Waals surface area contributed by atoms with Crippen LogP contribution in [0.5, 0.6) is 0 Å². The van der Waals surface area contributed by atoms with Gasteiger partial charge in [0.25, 0.3) is 10.0 Å². The average molecular weight is 426 g/mol. The molecule has 0 aliphatic rings. The van der Waals surface area contributed by atoms with E-state index in [0.29, 0.717) is 16.7 Å². The molecular weight excluding hydrogens is 408 g/mol. The van der Waals surface area contributed by atoms with Gasteiger partial charge in [0.2, 0.25) is 11.8 Å². The van der Waals surface area contributed by atoms with Crippen LogP contribution in [0.25, 0.3) is 17.0 Å². The van der Waals surface area contributed by atoms with Gasteiger partial charge in [-0.1, -0.05) is 11.6 Å². The molecule has 2 aromatic carbocycles. The van der Waals surface area contributed by atoms with Crippen LogP contribution in [0.1, 0.15) is 18.1 Å². The van der Waals surface area contributed by atoms with Crippen LogP contribution in [0.3, 0.4) is 0 Å². The number of aryl methyl sites for hydroxylation is 1. The van der Waals surface area contributed by atoms with E-state index in [1.54, 1.807) is 12.1 Å². The molecule has 0 saturated heterocycles. The maximum Gasteiger partial charge on any atom is 0.264 e. The van der Waals surface area contributed by atoms with Crippen molar-refractivity contribution < 1.29 is 22.4 Å². The molecule has 0 atom stereocenters. The van der Waals surface area contributed by atoms with Gasteiger partial charge in [0.15, 0.2) is 5.43 Å². The lowest BCUT2D eigenvalue weighted by Crippen LogP contribution is -2.28. The second-order valence-electron chi connectivity index (χ2n) is 6.53. The summed E-state index contributed by atoms with van der Waals surface area (Å²) in [5, 5.41) is 2.98. The van der Waals surface area contributed by atoms with Crippen LogP contribution in [-0.4, -0.2) is 20.2 Å². The number of benzene rings is 2. The molecule has 154 valence electrons. The van der Waals surface area contributed by atoms with Crippen molar-refractivity contribution in [2.45, 2.75) is 18.7 Å². The summed E-state index contributed by atoms with van der Waals surface area (Å²) in [6.45, 7) is 2.96. The molecule has 2 N–H and O–H groups in total. The summed E-state index contributed by atoms with van der Waals surface area (Å²) in [6, 6.07) is 10.5. The highest BCUT2D eigenvalue weighted by atomic mass is 32.2. The number of amides is 2. The van der Waals surface area contributed by atoms with Gasteiger partial charge in [-0.2, -0.15) is 0 Å². The van der Waals surface area contributed by atoms with Crippen LogP contribution in [-0.2, 0) is 19.6 Å². The van der Waals surface area contributed by atoms with Crippen molar-refractivity contribution in [3.05, 3.63) is 76.2 Å². The predicted octanol–water partition coefficient (Wildman–Crippen LogP) is 2.58. The Balaban J connectivity index is 1.74. The third-order valence-electron chi connectivity index (χ3n) is 4.08. The Labute approximate surface area is 172 Å². The van der Waals surface area contributed by atoms with E-state index >= 15 is 0 Å². The molecule has 3 rings (SSSR count). The van der Waals surface area contributed by atoms with Gasteiger partial charge >= 0.3 is 0 Å². The van der Waals surface area contributed by atoms with Crippen molar-refractivity contribution in [3.63, 3.8) is 0 Å². The van der Waals surface area contributed by atoms with Gasteiger partial charge < -0.3 is 9.73 Å². The minimum Gasteiger partial charge on any atom is -0.463 e. The van der Waals surface area contributed by atoms with E-state index < -0.39 is 21.8 Å². The van der Waals surface area contributed by atoms with Crippen LogP contribution in [0.2, 0.25) is 0 Å². The number of rotatable bonds is 5. The highest BCUT2D eigenvalue weighted by Crippen LogP contribution is 2.15. The molecule has 0 fully saturated rings. The topological polar surface area (TPSA) is 123 Å². The standard InChI is InChI=1S/C21H18N2O6S/c1-13-3-9-19-18(11-13)21(26)15(12-29-19)4-10-20(25)22-16-5-7-17(8-6-16)30(27,28)23-14(2)24/h3-12H,1-2H3,(H,22,25)(H,23,24)/b10-4+. The molecule has 1 heterocycles. The van der Waals surface area contributed by atoms with Gasteiger partial charge in [0.1, 0.15) is 11.8 Å². The van der Waals surface area contributed by atoms with Gasteiger partial charge in [-0.05, 0) is 49.4 Å². The summed E-state index contributed by atoms with van der Waals surface area (Å²) in [5.74, 6) is -1.22. The molecule has 0 aliphatic heterocycles. The summed E-state index contributed by atoms with van der Waals surface area (Å²) in [7, 11) is -3.95. The zero-order chi connectivity index (χ0) is 21.9. The van der Waals surface area contributed by atoms with Crippen LogP contribution in [0.4, 0.5) is 5.69 Å². The normalized spacial score (nSPS) is 11.5. The summed E-state index contributed by atoms with van der Waals surface area (Å²) < 4.78 is 31.1. The summed E-state index contributed by atoms with van der Waals surface area (Å²) in [5.41, 5.74) is 1.68. The molecule has 0 radical (unpaired) electrons. The number of fused-ring (bicyclic) bond motifs is 1. The number of hydrogen-bond acceptors (Lipinski definition) is 6. The Morgan fingerprint density at radius 1 is 1.07 bits per heavy atom. The lowest BCUT2D eigenvalue weighted by molar-refractivity contribution is -0.117. The first kappa shape index (κ1) is 21.0. The Bertz CT molecular complexity index is 1320. The average Bonchev–Trinajstić information content (AvgIpc) is 2.67. The van der Waals surface area contributed by atoms with Crippen molar-refractivity contribution in [1.82, 2.24) is 4.72 Å². The quantitative estimate of drug-likeness (QED) is 0.605. The van der Waals surface area contributed by atoms with E-state index in [2.05, 4.69) is 5.32 Å². The highest BCUT2D eigenvalue weighted by Gasteiger charge is 2.15. The van der Waals surface area contributed by atoms with Crippen molar-refractivity contribution in [2.75, 3.05) is 5.32 Å². The number of sulfonamides is 1. The second kappa shape index (κ2) is 8.34. The third kappa shape index (κ3) is 4.81. The van der Waals surface area contributed by atoms with Crippen molar-refractivity contribution in [1.29, 1.82) is 0 Å². The maximum atomic E-state index is 12.5. The van der Waals surface area contributed by atoms with E-state index in [1.165, 1.54) is 42.7 Å². The van der Waals surface area contributed by atoms with E-state index in [0.717, 1.165) is 12.5 Å². The van der Waals surface area contributed by atoms with Crippen molar-refractivity contribution in [3.8, 4) is 0 Å². The Morgan fingerprint density at radius 2 is 1.77 bits per heavy atom. The third-order valence-corrected chi connectivity index (χ3v) is 5.53. The first-order valence-electron chi connectivity index (χ1n) is 8.80. The van der Waals surface area contributed by atoms with Gasteiger partial charge in [0.05, 0.1) is 15.8 Å². The fourth-order valence-corrected chi connectivity index (χ4v) is 3.68. The molecule has 0 spiro atoms. The molecule has 0 saturated carbocycles. The molecule has 9 heteroatoms. The fourth-order valence-electron chi connectivity index (χ4n) is 2.69. The van der Waals surface area contributed by atoms with Crippen molar-refractivity contribution >= 4 is 44.6 Å². The Kier molecular flexibility index (Phi) is 5.84. The molecule has 1 aromatic heterocycles. The van der Waals surface area contributed by atoms with Crippen LogP contribution in [0, 0.1) is 6.92 Å². The van der Waals surface area contributed by atoms with Crippen LogP contribution >= 0.6 is 0 Å². The number of carbonyl (C=O) groups excluding carboxylic acids is 2. The molecule has 2 amide bonds. The predicted molar refractivity (Wildman–Crippen MR) is 112 cm³/mol. The lowest BCUT2D eigenvalue weighted by atomic mass is 10.1. The minimum absolute atomic E-state index is 0.115. The fraction of sp³-hybridized carbons (Fsp3) is 0.0952. The van der Waals surface area contributed by atoms with Gasteiger partial charge in [-0.25, -0.2) is 13.1 Å². The molecular formula is C21H18N2O6S. The van der Waals surface area contributed by atoms with Crippen LogP contribution in [0.15, 0.2) is 68.9 Å². The molecule has 3 aromatic rings. The Morgan fingerprint density at radius 3 is 2.43 bits per heavy atom. The van der Waals surface area contributed by atoms with Gasteiger partial charge in [0, 0.05) is 18.7 Å². The van der Waals surface area contributed by atoms with Gasteiger partial charge in [-0.15, -0.1) is 0 Å². The van der Waals surface area contributed by atoms with Crippen molar-refractivity contribution in [2.24, 2.45) is 0 Å². The molecule has 0 bridgehead atoms. The first-order chi connectivity index (χ1) is 14.2. The summed E-state index contributed by atoms with van der Waals surface area (Å²) >= 11 is 0. The zero-order valence-corrected chi connectivity index (χ0v) is 16.9. The SMILES string of the molecule is CC(=O)NS(=O)(=O)c1ccc(NC(=O)/C=C/c2coc3ccc(C)cc3c2=O)cc1. The zero-order valence-electron chi connectivity index (χ0n) is 16.1. The maximum absolute atomic E-state index is 12.5. The lowest BCUT2D eigenvalue weighted by Gasteiger charge is -2.06. The minimum atomic E-state index is -3.95.